The van der Waals surface area contributed by atoms with Gasteiger partial charge >= 0.3 is 7.60 Å². The van der Waals surface area contributed by atoms with E-state index in [0.717, 1.165) is 6.42 Å². The first-order chi connectivity index (χ1) is 10.5. The van der Waals surface area contributed by atoms with Crippen molar-refractivity contribution >= 4 is 19.5 Å². The highest BCUT2D eigenvalue weighted by Gasteiger charge is 2.37. The van der Waals surface area contributed by atoms with E-state index in [2.05, 4.69) is 10.3 Å². The molecule has 1 aliphatic carbocycles. The average Bonchev–Trinajstić information content (AvgIpc) is 2.34. The molecule has 1 amide bonds. The smallest absolute Gasteiger partial charge is 0.351 e. The van der Waals surface area contributed by atoms with Gasteiger partial charge in [-0.2, -0.15) is 0 Å². The molecule has 0 aromatic rings. The first-order valence-electron chi connectivity index (χ1n) is 7.61. The fraction of sp³-hybridized carbons (Fsp3) is 0.714. The Morgan fingerprint density at radius 3 is 2.52 bits per heavy atom. The molecule has 0 heterocycles. The van der Waals surface area contributed by atoms with Crippen LogP contribution in [-0.4, -0.2) is 33.7 Å². The summed E-state index contributed by atoms with van der Waals surface area (Å²) in [6, 6.07) is -0.626. The normalized spacial score (nSPS) is 23.1. The quantitative estimate of drug-likeness (QED) is 0.271. The lowest BCUT2D eigenvalue weighted by Gasteiger charge is -2.36. The summed E-state index contributed by atoms with van der Waals surface area (Å²) >= 11 is 0. The minimum Gasteiger partial charge on any atom is -0.370 e. The minimum atomic E-state index is -4.31. The molecule has 0 spiro atoms. The molecule has 9 heteroatoms. The number of guanidine groups is 1. The van der Waals surface area contributed by atoms with Gasteiger partial charge < -0.3 is 26.6 Å². The van der Waals surface area contributed by atoms with Gasteiger partial charge in [-0.25, -0.2) is 4.99 Å². The number of hydrogen-bond donors (Lipinski definition) is 5. The van der Waals surface area contributed by atoms with Crippen molar-refractivity contribution in [1.82, 2.24) is 5.32 Å². The van der Waals surface area contributed by atoms with Crippen LogP contribution in [0.4, 0.5) is 0 Å². The van der Waals surface area contributed by atoms with Crippen molar-refractivity contribution in [3.8, 4) is 0 Å². The number of carbonyl (C=O) groups is 1. The van der Waals surface area contributed by atoms with Crippen molar-refractivity contribution in [3.05, 3.63) is 11.4 Å². The van der Waals surface area contributed by atoms with Crippen LogP contribution in [0.1, 0.15) is 40.0 Å². The van der Waals surface area contributed by atoms with E-state index in [1.54, 1.807) is 6.08 Å². The van der Waals surface area contributed by atoms with Crippen LogP contribution in [0.3, 0.4) is 0 Å². The number of carbonyl (C=O) groups excluding carboxylic acids is 1. The summed E-state index contributed by atoms with van der Waals surface area (Å²) in [7, 11) is -4.31. The van der Waals surface area contributed by atoms with Crippen LogP contribution in [0.2, 0.25) is 0 Å². The molecule has 7 N–H and O–H groups in total. The van der Waals surface area contributed by atoms with Crippen molar-refractivity contribution in [2.75, 3.05) is 0 Å². The van der Waals surface area contributed by atoms with E-state index in [4.69, 9.17) is 11.5 Å². The number of hydrogen-bond acceptors (Lipinski definition) is 3. The van der Waals surface area contributed by atoms with Crippen LogP contribution in [0.15, 0.2) is 16.4 Å². The number of aliphatic imine (C=N–C) groups is 1. The monoisotopic (exact) mass is 346 g/mol. The van der Waals surface area contributed by atoms with E-state index in [9.17, 15) is 19.1 Å². The number of nitrogens with zero attached hydrogens (tertiary/aromatic N) is 1. The van der Waals surface area contributed by atoms with E-state index in [0.29, 0.717) is 12.3 Å². The van der Waals surface area contributed by atoms with E-state index in [1.165, 1.54) is 6.92 Å². The van der Waals surface area contributed by atoms with Crippen molar-refractivity contribution in [2.45, 2.75) is 52.1 Å². The zero-order valence-corrected chi connectivity index (χ0v) is 14.7. The third kappa shape index (κ3) is 6.33. The third-order valence-corrected chi connectivity index (χ3v) is 4.97. The molecule has 0 fully saturated rings. The fourth-order valence-electron chi connectivity index (χ4n) is 2.99. The number of nitrogens with one attached hydrogen (secondary N) is 1. The molecule has 1 aliphatic rings. The highest BCUT2D eigenvalue weighted by atomic mass is 31.2. The summed E-state index contributed by atoms with van der Waals surface area (Å²) in [6.45, 7) is 5.54. The molecule has 0 saturated heterocycles. The Hall–Kier alpha value is -1.37. The van der Waals surface area contributed by atoms with E-state index >= 15 is 0 Å². The third-order valence-electron chi connectivity index (χ3n) is 3.86. The molecule has 23 heavy (non-hydrogen) atoms. The van der Waals surface area contributed by atoms with Crippen LogP contribution < -0.4 is 16.8 Å². The van der Waals surface area contributed by atoms with Gasteiger partial charge in [0.15, 0.2) is 5.96 Å². The van der Waals surface area contributed by atoms with Gasteiger partial charge in [-0.15, -0.1) is 0 Å². The molecule has 0 aromatic heterocycles. The Morgan fingerprint density at radius 2 is 2.09 bits per heavy atom. The number of rotatable bonds is 6. The Morgan fingerprint density at radius 1 is 1.48 bits per heavy atom. The Balaban J connectivity index is 3.12. The standard InChI is InChI=1S/C14H27N4O4P/c1-8(2)6-12(17-9(3)19)11-5-4-10(23(20,21)22)7-13(11)18-14(15)16/h4,8,11-13H,5-7H2,1-3H3,(H,17,19)(H4,15,16,18)(H2,20,21,22)/t11-,12+,13+/m1/s1. The Labute approximate surface area is 136 Å². The van der Waals surface area contributed by atoms with Crippen LogP contribution in [0, 0.1) is 11.8 Å². The van der Waals surface area contributed by atoms with E-state index in [-0.39, 0.29) is 35.6 Å². The van der Waals surface area contributed by atoms with Gasteiger partial charge in [0.25, 0.3) is 0 Å². The molecule has 0 saturated carbocycles. The lowest BCUT2D eigenvalue weighted by Crippen LogP contribution is -2.46. The first kappa shape index (κ1) is 19.7. The largest absolute Gasteiger partial charge is 0.370 e. The lowest BCUT2D eigenvalue weighted by atomic mass is 9.80. The van der Waals surface area contributed by atoms with Gasteiger partial charge in [0.1, 0.15) is 0 Å². The van der Waals surface area contributed by atoms with Gasteiger partial charge in [0, 0.05) is 30.6 Å². The molecule has 0 radical (unpaired) electrons. The zero-order chi connectivity index (χ0) is 17.8. The minimum absolute atomic E-state index is 0.0508. The van der Waals surface area contributed by atoms with Gasteiger partial charge in [0.2, 0.25) is 5.91 Å². The van der Waals surface area contributed by atoms with Crippen LogP contribution in [0.5, 0.6) is 0 Å². The molecule has 8 nitrogen and oxygen atoms in total. The lowest BCUT2D eigenvalue weighted by molar-refractivity contribution is -0.120. The SMILES string of the molecule is CC(=O)N[C@@H](CC(C)C)[C@H]1CC=C(P(=O)(O)O)C[C@@H]1N=C(N)N. The number of nitrogens with two attached hydrogens (primary N) is 2. The van der Waals surface area contributed by atoms with Crippen molar-refractivity contribution < 1.29 is 19.1 Å². The topological polar surface area (TPSA) is 151 Å². The predicted octanol–water partition coefficient (Wildman–Crippen LogP) is 0.651. The molecule has 3 atom stereocenters. The summed E-state index contributed by atoms with van der Waals surface area (Å²) in [4.78, 5) is 34.4. The van der Waals surface area contributed by atoms with Gasteiger partial charge in [-0.3, -0.25) is 9.36 Å². The maximum absolute atomic E-state index is 11.5. The molecular formula is C14H27N4O4P. The van der Waals surface area contributed by atoms with Gasteiger partial charge in [-0.05, 0) is 18.8 Å². The molecule has 1 rings (SSSR count). The van der Waals surface area contributed by atoms with E-state index < -0.39 is 13.6 Å². The zero-order valence-electron chi connectivity index (χ0n) is 13.8. The Kier molecular flexibility index (Phi) is 6.80. The van der Waals surface area contributed by atoms with Gasteiger partial charge in [0.05, 0.1) is 6.04 Å². The maximum atomic E-state index is 11.5. The van der Waals surface area contributed by atoms with E-state index in [1.807, 2.05) is 13.8 Å². The second-order valence-electron chi connectivity index (χ2n) is 6.40. The van der Waals surface area contributed by atoms with Crippen molar-refractivity contribution in [2.24, 2.45) is 28.3 Å². The molecule has 0 bridgehead atoms. The summed E-state index contributed by atoms with van der Waals surface area (Å²) in [5, 5.41) is 2.98. The molecule has 132 valence electrons. The molecule has 0 aromatic carbocycles. The maximum Gasteiger partial charge on any atom is 0.351 e. The van der Waals surface area contributed by atoms with Crippen LogP contribution >= 0.6 is 7.60 Å². The van der Waals surface area contributed by atoms with Crippen molar-refractivity contribution in [3.63, 3.8) is 0 Å². The average molecular weight is 346 g/mol. The molecular weight excluding hydrogens is 319 g/mol. The second kappa shape index (κ2) is 7.95. The molecule has 0 aliphatic heterocycles. The molecule has 0 unspecified atom stereocenters. The summed E-state index contributed by atoms with van der Waals surface area (Å²) in [5.74, 6) is -0.0421. The van der Waals surface area contributed by atoms with Crippen molar-refractivity contribution in [1.29, 1.82) is 0 Å². The van der Waals surface area contributed by atoms with Gasteiger partial charge in [-0.1, -0.05) is 19.9 Å². The van der Waals surface area contributed by atoms with Crippen LogP contribution in [-0.2, 0) is 9.36 Å². The summed E-state index contributed by atoms with van der Waals surface area (Å²) in [6.07, 6.45) is 2.78. The Bertz CT molecular complexity index is 537. The first-order valence-corrected chi connectivity index (χ1v) is 9.23. The number of amides is 1. The summed E-state index contributed by atoms with van der Waals surface area (Å²) < 4.78 is 11.5. The number of allylic oxidation sites excluding steroid dienone is 1. The highest BCUT2D eigenvalue weighted by molar-refractivity contribution is 7.56. The summed E-state index contributed by atoms with van der Waals surface area (Å²) in [5.41, 5.74) is 10.9. The predicted molar refractivity (Wildman–Crippen MR) is 89.5 cm³/mol. The highest BCUT2D eigenvalue weighted by Crippen LogP contribution is 2.50. The second-order valence-corrected chi connectivity index (χ2v) is 8.06. The fourth-order valence-corrected chi connectivity index (χ4v) is 3.76. The van der Waals surface area contributed by atoms with Crippen LogP contribution in [0.25, 0.3) is 0 Å².